The van der Waals surface area contributed by atoms with Gasteiger partial charge in [0.2, 0.25) is 5.13 Å². The first-order valence-electron chi connectivity index (χ1n) is 8.10. The molecule has 3 aromatic rings. The summed E-state index contributed by atoms with van der Waals surface area (Å²) in [5.41, 5.74) is -1.17. The summed E-state index contributed by atoms with van der Waals surface area (Å²) in [7, 11) is 0. The van der Waals surface area contributed by atoms with E-state index in [9.17, 15) is 25.0 Å². The van der Waals surface area contributed by atoms with Crippen molar-refractivity contribution >= 4 is 45.5 Å². The second kappa shape index (κ2) is 8.75. The van der Waals surface area contributed by atoms with Crippen LogP contribution < -0.4 is 5.32 Å². The normalized spacial score (nSPS) is 10.5. The van der Waals surface area contributed by atoms with Crippen LogP contribution in [0.1, 0.15) is 20.9 Å². The molecule has 0 atom stereocenters. The van der Waals surface area contributed by atoms with Crippen LogP contribution in [0.4, 0.5) is 16.5 Å². The van der Waals surface area contributed by atoms with Gasteiger partial charge in [-0.15, -0.1) is 22.0 Å². The van der Waals surface area contributed by atoms with Crippen molar-refractivity contribution in [2.75, 3.05) is 5.32 Å². The number of aromatic nitrogens is 2. The molecule has 0 spiro atoms. The molecule has 0 unspecified atom stereocenters. The summed E-state index contributed by atoms with van der Waals surface area (Å²) in [4.78, 5) is 34.3. The molecule has 0 aliphatic carbocycles. The highest BCUT2D eigenvalue weighted by Gasteiger charge is 2.25. The number of hydrogen-bond donors (Lipinski definition) is 1. The SMILES string of the molecule is Cc1c(C(=O)Nc2nnc(CSc3ccccc3)s2)cc([N+](=O)[O-])cc1[N+](=O)[O-]. The first-order valence-corrected chi connectivity index (χ1v) is 9.90. The molecule has 0 aliphatic heterocycles. The Morgan fingerprint density at radius 3 is 2.52 bits per heavy atom. The quantitative estimate of drug-likeness (QED) is 0.333. The zero-order valence-corrected chi connectivity index (χ0v) is 16.5. The van der Waals surface area contributed by atoms with E-state index < -0.39 is 27.1 Å². The Morgan fingerprint density at radius 2 is 1.86 bits per heavy atom. The Hall–Kier alpha value is -3.38. The minimum absolute atomic E-state index is 0.0301. The third-order valence-electron chi connectivity index (χ3n) is 3.81. The van der Waals surface area contributed by atoms with Crippen LogP contribution >= 0.6 is 23.1 Å². The Morgan fingerprint density at radius 1 is 1.14 bits per heavy atom. The molecule has 1 N–H and O–H groups in total. The van der Waals surface area contributed by atoms with Crippen LogP contribution in [0.5, 0.6) is 0 Å². The van der Waals surface area contributed by atoms with Gasteiger partial charge < -0.3 is 0 Å². The van der Waals surface area contributed by atoms with Crippen LogP contribution in [-0.4, -0.2) is 26.0 Å². The standard InChI is InChI=1S/C17H13N5O5S2/c1-10-13(7-11(21(24)25)8-14(10)22(26)27)16(23)18-17-20-19-15(29-17)9-28-12-5-3-2-4-6-12/h2-8H,9H2,1H3,(H,18,20,23). The number of amides is 1. The van der Waals surface area contributed by atoms with Crippen LogP contribution in [0.25, 0.3) is 0 Å². The van der Waals surface area contributed by atoms with Gasteiger partial charge in [-0.25, -0.2) is 0 Å². The van der Waals surface area contributed by atoms with Crippen LogP contribution in [0.15, 0.2) is 47.4 Å². The van der Waals surface area contributed by atoms with E-state index in [1.165, 1.54) is 6.92 Å². The molecular weight excluding hydrogens is 418 g/mol. The molecule has 0 saturated carbocycles. The van der Waals surface area contributed by atoms with Gasteiger partial charge in [0.1, 0.15) is 5.01 Å². The van der Waals surface area contributed by atoms with E-state index in [2.05, 4.69) is 15.5 Å². The highest BCUT2D eigenvalue weighted by Crippen LogP contribution is 2.30. The summed E-state index contributed by atoms with van der Waals surface area (Å²) in [6.45, 7) is 1.36. The predicted molar refractivity (Wildman–Crippen MR) is 108 cm³/mol. The second-order valence-corrected chi connectivity index (χ2v) is 7.82. The van der Waals surface area contributed by atoms with Crippen LogP contribution in [0, 0.1) is 27.2 Å². The van der Waals surface area contributed by atoms with Crippen molar-refractivity contribution in [2.24, 2.45) is 0 Å². The van der Waals surface area contributed by atoms with E-state index in [4.69, 9.17) is 0 Å². The number of anilines is 1. The molecule has 0 fully saturated rings. The van der Waals surface area contributed by atoms with Gasteiger partial charge >= 0.3 is 0 Å². The van der Waals surface area contributed by atoms with Gasteiger partial charge in [0.15, 0.2) is 0 Å². The topological polar surface area (TPSA) is 141 Å². The second-order valence-electron chi connectivity index (χ2n) is 5.71. The van der Waals surface area contributed by atoms with Gasteiger partial charge in [0.25, 0.3) is 17.3 Å². The third-order valence-corrected chi connectivity index (χ3v) is 5.85. The lowest BCUT2D eigenvalue weighted by Crippen LogP contribution is -2.14. The number of nitro benzene ring substituents is 2. The number of non-ortho nitro benzene ring substituents is 1. The van der Waals surface area contributed by atoms with Gasteiger partial charge in [-0.2, -0.15) is 0 Å². The summed E-state index contributed by atoms with van der Waals surface area (Å²) >= 11 is 2.72. The minimum Gasteiger partial charge on any atom is -0.296 e. The van der Waals surface area contributed by atoms with E-state index in [0.717, 1.165) is 28.4 Å². The van der Waals surface area contributed by atoms with E-state index in [-0.39, 0.29) is 16.3 Å². The Labute approximate surface area is 172 Å². The van der Waals surface area contributed by atoms with Crippen molar-refractivity contribution in [3.05, 3.63) is 78.8 Å². The van der Waals surface area contributed by atoms with E-state index in [1.807, 2.05) is 30.3 Å². The van der Waals surface area contributed by atoms with Crippen molar-refractivity contribution in [3.8, 4) is 0 Å². The fourth-order valence-electron chi connectivity index (χ4n) is 2.40. The molecule has 1 amide bonds. The average Bonchev–Trinajstić information content (AvgIpc) is 3.14. The third kappa shape index (κ3) is 4.92. The highest BCUT2D eigenvalue weighted by atomic mass is 32.2. The molecule has 10 nitrogen and oxygen atoms in total. The molecule has 0 aliphatic rings. The first-order chi connectivity index (χ1) is 13.8. The molecule has 3 rings (SSSR count). The summed E-state index contributed by atoms with van der Waals surface area (Å²) in [5, 5.41) is 33.5. The molecular formula is C17H13N5O5S2. The predicted octanol–water partition coefficient (Wildman–Crippen LogP) is 4.21. The molecule has 0 radical (unpaired) electrons. The fourth-order valence-corrected chi connectivity index (χ4v) is 4.04. The average molecular weight is 431 g/mol. The molecule has 0 saturated heterocycles. The number of carbonyl (C=O) groups is 1. The van der Waals surface area contributed by atoms with Crippen LogP contribution in [0.3, 0.4) is 0 Å². The molecule has 2 aromatic carbocycles. The summed E-state index contributed by atoms with van der Waals surface area (Å²) in [6, 6.07) is 11.5. The summed E-state index contributed by atoms with van der Waals surface area (Å²) in [6.07, 6.45) is 0. The fraction of sp³-hybridized carbons (Fsp3) is 0.118. The monoisotopic (exact) mass is 431 g/mol. The largest absolute Gasteiger partial charge is 0.296 e. The van der Waals surface area contributed by atoms with Crippen molar-refractivity contribution in [3.63, 3.8) is 0 Å². The maximum atomic E-state index is 12.6. The Bertz CT molecular complexity index is 1090. The molecule has 12 heteroatoms. The molecule has 148 valence electrons. The molecule has 1 heterocycles. The number of thioether (sulfide) groups is 1. The molecule has 29 heavy (non-hydrogen) atoms. The number of benzene rings is 2. The van der Waals surface area contributed by atoms with Crippen molar-refractivity contribution < 1.29 is 14.6 Å². The van der Waals surface area contributed by atoms with Gasteiger partial charge in [-0.1, -0.05) is 29.5 Å². The van der Waals surface area contributed by atoms with E-state index in [0.29, 0.717) is 10.8 Å². The lowest BCUT2D eigenvalue weighted by Gasteiger charge is -2.06. The lowest BCUT2D eigenvalue weighted by molar-refractivity contribution is -0.394. The van der Waals surface area contributed by atoms with Crippen LogP contribution in [0.2, 0.25) is 0 Å². The smallest absolute Gasteiger partial charge is 0.279 e. The van der Waals surface area contributed by atoms with Gasteiger partial charge in [0.05, 0.1) is 27.2 Å². The van der Waals surface area contributed by atoms with E-state index in [1.54, 1.807) is 11.8 Å². The minimum atomic E-state index is -0.785. The van der Waals surface area contributed by atoms with Crippen molar-refractivity contribution in [2.45, 2.75) is 17.6 Å². The number of carbonyl (C=O) groups excluding carboxylic acids is 1. The maximum Gasteiger partial charge on any atom is 0.279 e. The lowest BCUT2D eigenvalue weighted by atomic mass is 10.0. The van der Waals surface area contributed by atoms with Crippen molar-refractivity contribution in [1.29, 1.82) is 0 Å². The summed E-state index contributed by atoms with van der Waals surface area (Å²) < 4.78 is 0. The zero-order valence-electron chi connectivity index (χ0n) is 14.9. The first kappa shape index (κ1) is 20.4. The van der Waals surface area contributed by atoms with Gasteiger partial charge in [0, 0.05) is 16.5 Å². The number of nitrogens with zero attached hydrogens (tertiary/aromatic N) is 4. The summed E-state index contributed by atoms with van der Waals surface area (Å²) in [5.74, 6) is -0.175. The number of rotatable bonds is 7. The van der Waals surface area contributed by atoms with Gasteiger partial charge in [-0.3, -0.25) is 30.3 Å². The molecule has 1 aromatic heterocycles. The zero-order chi connectivity index (χ0) is 21.0. The van der Waals surface area contributed by atoms with E-state index >= 15 is 0 Å². The number of nitrogens with one attached hydrogen (secondary N) is 1. The van der Waals surface area contributed by atoms with Crippen LogP contribution in [-0.2, 0) is 5.75 Å². The van der Waals surface area contributed by atoms with Crippen molar-refractivity contribution in [1.82, 2.24) is 10.2 Å². The maximum absolute atomic E-state index is 12.6. The highest BCUT2D eigenvalue weighted by molar-refractivity contribution is 7.98. The Balaban J connectivity index is 1.76. The molecule has 0 bridgehead atoms. The number of hydrogen-bond acceptors (Lipinski definition) is 9. The van der Waals surface area contributed by atoms with Gasteiger partial charge in [-0.05, 0) is 19.1 Å². The number of nitro groups is 2. The Kier molecular flexibility index (Phi) is 6.14.